The number of nitriles is 1. The zero-order valence-electron chi connectivity index (χ0n) is 13.8. The Hall–Kier alpha value is -2.53. The second-order valence-corrected chi connectivity index (χ2v) is 6.44. The first-order valence-corrected chi connectivity index (χ1v) is 8.13. The van der Waals surface area contributed by atoms with Crippen molar-refractivity contribution in [3.05, 3.63) is 34.6 Å². The minimum atomic E-state index is -1.58. The van der Waals surface area contributed by atoms with E-state index in [1.54, 1.807) is 11.6 Å². The van der Waals surface area contributed by atoms with Gasteiger partial charge >= 0.3 is 0 Å². The molecule has 0 spiro atoms. The number of alkyl halides is 1. The number of aromatic nitrogens is 4. The highest BCUT2D eigenvalue weighted by atomic mass is 35.5. The molecule has 1 fully saturated rings. The summed E-state index contributed by atoms with van der Waals surface area (Å²) in [4.78, 5) is 17.4. The number of piperidine rings is 1. The van der Waals surface area contributed by atoms with Crippen LogP contribution in [-0.4, -0.2) is 38.6 Å². The highest BCUT2D eigenvalue weighted by Crippen LogP contribution is 2.39. The Bertz CT molecular complexity index is 866. The molecule has 0 atom stereocenters. The van der Waals surface area contributed by atoms with Crippen LogP contribution in [0.3, 0.4) is 0 Å². The molecule has 0 aromatic carbocycles. The normalized spacial score (nSPS) is 16.5. The Kier molecular flexibility index (Phi) is 4.43. The minimum Gasteiger partial charge on any atom is -0.368 e. The Morgan fingerprint density at radius 2 is 2.12 bits per heavy atom. The van der Waals surface area contributed by atoms with Crippen molar-refractivity contribution in [1.82, 2.24) is 19.7 Å². The minimum absolute atomic E-state index is 0.0780. The maximum Gasteiger partial charge on any atom is 0.178 e. The lowest BCUT2D eigenvalue weighted by atomic mass is 9.92. The lowest BCUT2D eigenvalue weighted by Gasteiger charge is -2.37. The van der Waals surface area contributed by atoms with Crippen molar-refractivity contribution < 1.29 is 9.18 Å². The largest absolute Gasteiger partial charge is 0.368 e. The molecule has 3 rings (SSSR count). The number of halogens is 2. The summed E-state index contributed by atoms with van der Waals surface area (Å²) in [7, 11) is 1.71. The summed E-state index contributed by atoms with van der Waals surface area (Å²) in [5.74, 6) is 0.0254. The van der Waals surface area contributed by atoms with E-state index < -0.39 is 5.67 Å². The highest BCUT2D eigenvalue weighted by Gasteiger charge is 2.41. The van der Waals surface area contributed by atoms with E-state index in [2.05, 4.69) is 15.2 Å². The van der Waals surface area contributed by atoms with Crippen molar-refractivity contribution in [1.29, 1.82) is 5.26 Å². The first kappa shape index (κ1) is 17.3. The smallest absolute Gasteiger partial charge is 0.178 e. The molecule has 1 aliphatic rings. The Labute approximate surface area is 149 Å². The van der Waals surface area contributed by atoms with Gasteiger partial charge in [0.2, 0.25) is 0 Å². The van der Waals surface area contributed by atoms with Gasteiger partial charge in [-0.25, -0.2) is 9.37 Å². The van der Waals surface area contributed by atoms with Crippen LogP contribution < -0.4 is 4.90 Å². The number of ketones is 1. The number of pyridine rings is 1. The van der Waals surface area contributed by atoms with E-state index in [-0.39, 0.29) is 35.0 Å². The molecular weight excluding hydrogens is 347 g/mol. The predicted molar refractivity (Wildman–Crippen MR) is 89.2 cm³/mol. The topological polar surface area (TPSA) is 87.7 Å². The van der Waals surface area contributed by atoms with Crippen LogP contribution in [0.25, 0.3) is 0 Å². The van der Waals surface area contributed by atoms with Gasteiger partial charge in [-0.2, -0.15) is 5.26 Å². The van der Waals surface area contributed by atoms with E-state index in [4.69, 9.17) is 11.6 Å². The second-order valence-electron chi connectivity index (χ2n) is 6.08. The molecule has 0 saturated carbocycles. The molecule has 1 saturated heterocycles. The standard InChI is InChI=1S/C16H16ClFN6O/c1-10(25)12-7-11(8-19)13(14(17)21-12)24-5-3-16(18,4-6-24)15-22-20-9-23(15)2/h7,9H,3-6H2,1-2H3. The van der Waals surface area contributed by atoms with Gasteiger partial charge in [-0.3, -0.25) is 4.79 Å². The van der Waals surface area contributed by atoms with Gasteiger partial charge in [0.05, 0.1) is 11.3 Å². The Morgan fingerprint density at radius 3 is 2.64 bits per heavy atom. The third-order valence-electron chi connectivity index (χ3n) is 4.42. The number of rotatable bonds is 3. The SMILES string of the molecule is CC(=O)c1cc(C#N)c(N2CCC(F)(c3nncn3C)CC2)c(Cl)n1. The van der Waals surface area contributed by atoms with Crippen molar-refractivity contribution in [3.8, 4) is 6.07 Å². The van der Waals surface area contributed by atoms with Gasteiger partial charge in [-0.15, -0.1) is 10.2 Å². The van der Waals surface area contributed by atoms with Gasteiger partial charge in [-0.05, 0) is 6.07 Å². The van der Waals surface area contributed by atoms with Gasteiger partial charge in [0.15, 0.2) is 22.4 Å². The lowest BCUT2D eigenvalue weighted by molar-refractivity contribution is 0.101. The fourth-order valence-corrected chi connectivity index (χ4v) is 3.38. The van der Waals surface area contributed by atoms with E-state index in [0.717, 1.165) is 0 Å². The summed E-state index contributed by atoms with van der Waals surface area (Å²) in [6, 6.07) is 3.47. The fraction of sp³-hybridized carbons (Fsp3) is 0.438. The number of carbonyl (C=O) groups excluding carboxylic acids is 1. The first-order chi connectivity index (χ1) is 11.9. The van der Waals surface area contributed by atoms with Crippen LogP contribution in [0.4, 0.5) is 10.1 Å². The number of nitrogens with zero attached hydrogens (tertiary/aromatic N) is 6. The quantitative estimate of drug-likeness (QED) is 0.615. The van der Waals surface area contributed by atoms with E-state index in [9.17, 15) is 10.1 Å². The average molecular weight is 363 g/mol. The first-order valence-electron chi connectivity index (χ1n) is 7.75. The zero-order valence-corrected chi connectivity index (χ0v) is 14.6. The van der Waals surface area contributed by atoms with Crippen LogP contribution in [0.15, 0.2) is 12.4 Å². The van der Waals surface area contributed by atoms with Gasteiger partial charge in [0, 0.05) is 39.9 Å². The lowest BCUT2D eigenvalue weighted by Crippen LogP contribution is -2.42. The molecule has 0 amide bonds. The number of anilines is 1. The third kappa shape index (κ3) is 3.07. The summed E-state index contributed by atoms with van der Waals surface area (Å²) in [6.07, 6.45) is 1.85. The summed E-state index contributed by atoms with van der Waals surface area (Å²) in [5.41, 5.74) is -0.737. The van der Waals surface area contributed by atoms with Crippen LogP contribution in [0.2, 0.25) is 5.15 Å². The summed E-state index contributed by atoms with van der Waals surface area (Å²) in [6.45, 7) is 2.05. The Balaban J connectivity index is 1.88. The molecular formula is C16H16ClFN6O. The average Bonchev–Trinajstić information content (AvgIpc) is 3.02. The van der Waals surface area contributed by atoms with Crippen LogP contribution in [0.5, 0.6) is 0 Å². The molecule has 0 unspecified atom stereocenters. The summed E-state index contributed by atoms with van der Waals surface area (Å²) >= 11 is 6.21. The maximum atomic E-state index is 15.2. The van der Waals surface area contributed by atoms with Gasteiger partial charge in [0.1, 0.15) is 18.1 Å². The van der Waals surface area contributed by atoms with Crippen LogP contribution in [-0.2, 0) is 12.7 Å². The Morgan fingerprint density at radius 1 is 1.44 bits per heavy atom. The number of Topliss-reactive ketones (excluding diaryl/α,β-unsaturated/α-hetero) is 1. The molecule has 0 N–H and O–H groups in total. The number of aryl methyl sites for hydroxylation is 1. The molecule has 25 heavy (non-hydrogen) atoms. The molecule has 7 nitrogen and oxygen atoms in total. The van der Waals surface area contributed by atoms with E-state index in [1.807, 2.05) is 11.0 Å². The molecule has 9 heteroatoms. The van der Waals surface area contributed by atoms with E-state index >= 15 is 4.39 Å². The molecule has 0 bridgehead atoms. The third-order valence-corrected chi connectivity index (χ3v) is 4.68. The molecule has 2 aromatic heterocycles. The van der Waals surface area contributed by atoms with E-state index in [1.165, 1.54) is 19.3 Å². The van der Waals surface area contributed by atoms with Gasteiger partial charge < -0.3 is 9.47 Å². The van der Waals surface area contributed by atoms with Gasteiger partial charge in [-0.1, -0.05) is 11.6 Å². The van der Waals surface area contributed by atoms with Crippen LogP contribution >= 0.6 is 11.6 Å². The number of carbonyl (C=O) groups is 1. The van der Waals surface area contributed by atoms with Crippen LogP contribution in [0, 0.1) is 11.3 Å². The molecule has 130 valence electrons. The molecule has 2 aromatic rings. The van der Waals surface area contributed by atoms with Gasteiger partial charge in [0.25, 0.3) is 0 Å². The van der Waals surface area contributed by atoms with E-state index in [0.29, 0.717) is 24.6 Å². The fourth-order valence-electron chi connectivity index (χ4n) is 3.07. The van der Waals surface area contributed by atoms with Crippen LogP contribution in [0.1, 0.15) is 41.6 Å². The number of hydrogen-bond acceptors (Lipinski definition) is 6. The molecule has 0 radical (unpaired) electrons. The molecule has 3 heterocycles. The molecule has 0 aliphatic carbocycles. The second kappa shape index (κ2) is 6.41. The molecule has 1 aliphatic heterocycles. The van der Waals surface area contributed by atoms with Crippen molar-refractivity contribution in [2.45, 2.75) is 25.4 Å². The van der Waals surface area contributed by atoms with Crippen molar-refractivity contribution >= 4 is 23.1 Å². The predicted octanol–water partition coefficient (Wildman–Crippen LogP) is 2.40. The van der Waals surface area contributed by atoms with Crippen molar-refractivity contribution in [2.75, 3.05) is 18.0 Å². The monoisotopic (exact) mass is 362 g/mol. The summed E-state index contributed by atoms with van der Waals surface area (Å²) < 4.78 is 16.8. The summed E-state index contributed by atoms with van der Waals surface area (Å²) in [5, 5.41) is 17.1. The van der Waals surface area contributed by atoms with Crippen molar-refractivity contribution in [2.24, 2.45) is 7.05 Å². The highest BCUT2D eigenvalue weighted by molar-refractivity contribution is 6.32. The number of hydrogen-bond donors (Lipinski definition) is 0. The zero-order chi connectivity index (χ0) is 18.2. The van der Waals surface area contributed by atoms with Crippen molar-refractivity contribution in [3.63, 3.8) is 0 Å². The maximum absolute atomic E-state index is 15.2.